The van der Waals surface area contributed by atoms with E-state index in [0.29, 0.717) is 0 Å². The average molecular weight is 281 g/mol. The van der Waals surface area contributed by atoms with Gasteiger partial charge in [0.05, 0.1) is 13.2 Å². The molecule has 0 amide bonds. The Kier molecular flexibility index (Phi) is 5.95. The lowest BCUT2D eigenvalue weighted by molar-refractivity contribution is -0.146. The largest absolute Gasteiger partial charge is 0.462 e. The molecule has 0 aliphatic heterocycles. The lowest BCUT2D eigenvalue weighted by atomic mass is 10.3. The van der Waals surface area contributed by atoms with Gasteiger partial charge in [-0.15, -0.1) is 0 Å². The number of nitrogens with zero attached hydrogens (tertiary/aromatic N) is 1. The van der Waals surface area contributed by atoms with Crippen molar-refractivity contribution in [1.29, 1.82) is 0 Å². The molecule has 0 fully saturated rings. The van der Waals surface area contributed by atoms with Crippen molar-refractivity contribution in [2.75, 3.05) is 18.5 Å². The van der Waals surface area contributed by atoms with Gasteiger partial charge >= 0.3 is 17.6 Å². The second-order valence-corrected chi connectivity index (χ2v) is 3.43. The highest BCUT2D eigenvalue weighted by Gasteiger charge is 2.20. The molecule has 8 nitrogen and oxygen atoms in total. The molecule has 1 rings (SSSR count). The van der Waals surface area contributed by atoms with Crippen LogP contribution in [0, 0.1) is 0 Å². The van der Waals surface area contributed by atoms with Crippen molar-refractivity contribution >= 4 is 17.8 Å². The minimum absolute atomic E-state index is 0.127. The van der Waals surface area contributed by atoms with Crippen molar-refractivity contribution in [2.45, 2.75) is 13.8 Å². The van der Waals surface area contributed by atoms with Gasteiger partial charge in [-0.2, -0.15) is 0 Å². The first-order valence-corrected chi connectivity index (χ1v) is 5.94. The Morgan fingerprint density at radius 2 is 1.90 bits per heavy atom. The van der Waals surface area contributed by atoms with E-state index in [4.69, 9.17) is 9.47 Å². The van der Waals surface area contributed by atoms with E-state index >= 15 is 0 Å². The lowest BCUT2D eigenvalue weighted by Crippen LogP contribution is -2.20. The summed E-state index contributed by atoms with van der Waals surface area (Å²) < 4.78 is 9.50. The summed E-state index contributed by atoms with van der Waals surface area (Å²) in [6.07, 6.45) is 2.39. The molecule has 20 heavy (non-hydrogen) atoms. The monoisotopic (exact) mass is 281 g/mol. The Labute approximate surface area is 114 Å². The van der Waals surface area contributed by atoms with E-state index in [1.165, 1.54) is 12.3 Å². The predicted octanol–water partition coefficient (Wildman–Crippen LogP) is 0.192. The van der Waals surface area contributed by atoms with Gasteiger partial charge in [-0.25, -0.2) is 19.4 Å². The second-order valence-electron chi connectivity index (χ2n) is 3.43. The van der Waals surface area contributed by atoms with Gasteiger partial charge in [0.1, 0.15) is 5.82 Å². The molecule has 0 spiro atoms. The van der Waals surface area contributed by atoms with Gasteiger partial charge in [-0.3, -0.25) is 4.98 Å². The molecule has 108 valence electrons. The van der Waals surface area contributed by atoms with Gasteiger partial charge in [0.25, 0.3) is 0 Å². The van der Waals surface area contributed by atoms with Crippen molar-refractivity contribution in [3.63, 3.8) is 0 Å². The van der Waals surface area contributed by atoms with Gasteiger partial charge < -0.3 is 14.8 Å². The normalized spacial score (nSPS) is 9.50. The number of carbonyl (C=O) groups is 2. The van der Waals surface area contributed by atoms with Crippen LogP contribution in [0.2, 0.25) is 0 Å². The molecule has 0 aromatic carbocycles. The number of ether oxygens (including phenoxy) is 2. The van der Waals surface area contributed by atoms with Crippen LogP contribution >= 0.6 is 0 Å². The Hall–Kier alpha value is -2.64. The third kappa shape index (κ3) is 4.56. The van der Waals surface area contributed by atoms with Crippen molar-refractivity contribution in [2.24, 2.45) is 0 Å². The quantitative estimate of drug-likeness (QED) is 0.331. The third-order valence-corrected chi connectivity index (χ3v) is 2.04. The minimum Gasteiger partial charge on any atom is -0.462 e. The lowest BCUT2D eigenvalue weighted by Gasteiger charge is -2.07. The van der Waals surface area contributed by atoms with Crippen LogP contribution < -0.4 is 11.0 Å². The summed E-state index contributed by atoms with van der Waals surface area (Å²) in [5, 5.41) is 2.60. The molecule has 0 aliphatic rings. The van der Waals surface area contributed by atoms with Crippen molar-refractivity contribution < 1.29 is 19.1 Å². The van der Waals surface area contributed by atoms with Crippen molar-refractivity contribution in [1.82, 2.24) is 9.97 Å². The SMILES string of the molecule is CCOC(=O)C(=CNc1ccnc(=O)[nH]1)C(=O)OCC. The number of H-pyrrole nitrogens is 1. The van der Waals surface area contributed by atoms with E-state index < -0.39 is 17.6 Å². The van der Waals surface area contributed by atoms with Gasteiger partial charge in [-0.1, -0.05) is 0 Å². The van der Waals surface area contributed by atoms with E-state index in [9.17, 15) is 14.4 Å². The number of carbonyl (C=O) groups excluding carboxylic acids is 2. The molecule has 0 saturated heterocycles. The minimum atomic E-state index is -0.810. The zero-order chi connectivity index (χ0) is 15.0. The van der Waals surface area contributed by atoms with E-state index in [2.05, 4.69) is 15.3 Å². The summed E-state index contributed by atoms with van der Waals surface area (Å²) >= 11 is 0. The molecule has 0 bridgehead atoms. The van der Waals surface area contributed by atoms with Crippen LogP contribution in [-0.2, 0) is 19.1 Å². The van der Waals surface area contributed by atoms with Gasteiger partial charge in [-0.05, 0) is 19.9 Å². The van der Waals surface area contributed by atoms with E-state index in [-0.39, 0.29) is 24.6 Å². The highest BCUT2D eigenvalue weighted by Crippen LogP contribution is 2.04. The molecular formula is C12H15N3O5. The fraction of sp³-hybridized carbons (Fsp3) is 0.333. The molecule has 0 radical (unpaired) electrons. The number of hydrogen-bond donors (Lipinski definition) is 2. The van der Waals surface area contributed by atoms with Gasteiger partial charge in [0.2, 0.25) is 0 Å². The maximum absolute atomic E-state index is 11.6. The molecule has 0 atom stereocenters. The van der Waals surface area contributed by atoms with Crippen LogP contribution in [0.3, 0.4) is 0 Å². The number of nitrogens with one attached hydrogen (secondary N) is 2. The number of esters is 2. The zero-order valence-electron chi connectivity index (χ0n) is 11.1. The summed E-state index contributed by atoms with van der Waals surface area (Å²) in [6, 6.07) is 1.46. The van der Waals surface area contributed by atoms with Crippen LogP contribution in [0.25, 0.3) is 0 Å². The second kappa shape index (κ2) is 7.72. The number of aromatic amines is 1. The van der Waals surface area contributed by atoms with Crippen LogP contribution in [0.15, 0.2) is 28.8 Å². The predicted molar refractivity (Wildman–Crippen MR) is 69.8 cm³/mol. The average Bonchev–Trinajstić information content (AvgIpc) is 2.39. The number of hydrogen-bond acceptors (Lipinski definition) is 7. The Balaban J connectivity index is 2.91. The van der Waals surface area contributed by atoms with E-state index in [1.807, 2.05) is 0 Å². The summed E-state index contributed by atoms with van der Waals surface area (Å²) in [6.45, 7) is 3.49. The third-order valence-electron chi connectivity index (χ3n) is 2.04. The Bertz CT molecular complexity index is 544. The maximum Gasteiger partial charge on any atom is 0.347 e. The number of rotatable bonds is 6. The van der Waals surface area contributed by atoms with E-state index in [1.54, 1.807) is 13.8 Å². The summed E-state index contributed by atoms with van der Waals surface area (Å²) in [5.74, 6) is -1.35. The van der Waals surface area contributed by atoms with Gasteiger partial charge in [0.15, 0.2) is 5.57 Å². The first-order valence-electron chi connectivity index (χ1n) is 5.94. The number of anilines is 1. The molecule has 1 aromatic rings. The first kappa shape index (κ1) is 15.4. The molecule has 0 unspecified atom stereocenters. The molecule has 1 aromatic heterocycles. The topological polar surface area (TPSA) is 110 Å². The smallest absolute Gasteiger partial charge is 0.347 e. The summed E-state index contributed by atoms with van der Waals surface area (Å²) in [7, 11) is 0. The summed E-state index contributed by atoms with van der Waals surface area (Å²) in [4.78, 5) is 40.1. The van der Waals surface area contributed by atoms with Crippen molar-refractivity contribution in [3.8, 4) is 0 Å². The zero-order valence-corrected chi connectivity index (χ0v) is 11.1. The molecular weight excluding hydrogens is 266 g/mol. The van der Waals surface area contributed by atoms with Crippen molar-refractivity contribution in [3.05, 3.63) is 34.5 Å². The van der Waals surface area contributed by atoms with Crippen LogP contribution in [0.5, 0.6) is 0 Å². The molecule has 2 N–H and O–H groups in total. The van der Waals surface area contributed by atoms with Crippen LogP contribution in [0.1, 0.15) is 13.8 Å². The summed E-state index contributed by atoms with van der Waals surface area (Å²) in [5.41, 5.74) is -0.858. The fourth-order valence-electron chi connectivity index (χ4n) is 1.22. The Morgan fingerprint density at radius 1 is 1.30 bits per heavy atom. The van der Waals surface area contributed by atoms with E-state index in [0.717, 1.165) is 6.20 Å². The highest BCUT2D eigenvalue weighted by atomic mass is 16.6. The molecule has 0 saturated carbocycles. The molecule has 8 heteroatoms. The highest BCUT2D eigenvalue weighted by molar-refractivity contribution is 6.14. The number of aromatic nitrogens is 2. The molecule has 1 heterocycles. The van der Waals surface area contributed by atoms with Gasteiger partial charge in [0, 0.05) is 12.4 Å². The fourth-order valence-corrected chi connectivity index (χ4v) is 1.22. The van der Waals surface area contributed by atoms with Crippen LogP contribution in [-0.4, -0.2) is 35.1 Å². The standard InChI is InChI=1S/C12H15N3O5/c1-3-19-10(16)8(11(17)20-4-2)7-14-9-5-6-13-12(18)15-9/h5-7H,3-4H2,1-2H3,(H2,13,14,15,18). The first-order chi connectivity index (χ1) is 9.58. The maximum atomic E-state index is 11.6. The van der Waals surface area contributed by atoms with Crippen LogP contribution in [0.4, 0.5) is 5.82 Å². The Morgan fingerprint density at radius 3 is 2.40 bits per heavy atom. The molecule has 0 aliphatic carbocycles.